The summed E-state index contributed by atoms with van der Waals surface area (Å²) in [5.41, 5.74) is 2.77. The van der Waals surface area contributed by atoms with Crippen LogP contribution in [0.5, 0.6) is 0 Å². The average molecular weight is 258 g/mol. The Hall–Kier alpha value is -2.08. The standard InChI is InChI=1S/C12H10N4OS/c1-7-9(8-5-3-2-4-6-8)15-16-10(7)13-11(18)14-12(16)17/h2-6H,1H3,(H2,13,14,17,18). The molecule has 1 N–H and O–H groups in total. The van der Waals surface area contributed by atoms with Crippen molar-refractivity contribution in [3.63, 3.8) is 0 Å². The van der Waals surface area contributed by atoms with Gasteiger partial charge in [0.15, 0.2) is 10.8 Å². The van der Waals surface area contributed by atoms with Gasteiger partial charge in [0, 0.05) is 11.1 Å². The maximum atomic E-state index is 11.8. The number of aromatic nitrogens is 4. The summed E-state index contributed by atoms with van der Waals surface area (Å²) in [7, 11) is 0. The van der Waals surface area contributed by atoms with E-state index in [4.69, 9.17) is 0 Å². The van der Waals surface area contributed by atoms with Gasteiger partial charge in [-0.3, -0.25) is 4.98 Å². The van der Waals surface area contributed by atoms with Crippen molar-refractivity contribution in [2.45, 2.75) is 12.1 Å². The van der Waals surface area contributed by atoms with E-state index in [1.54, 1.807) is 0 Å². The Balaban J connectivity index is 2.37. The summed E-state index contributed by atoms with van der Waals surface area (Å²) in [5.74, 6) is 0. The van der Waals surface area contributed by atoms with E-state index in [0.717, 1.165) is 16.8 Å². The van der Waals surface area contributed by atoms with Crippen molar-refractivity contribution in [2.75, 3.05) is 0 Å². The summed E-state index contributed by atoms with van der Waals surface area (Å²) >= 11 is 4.07. The van der Waals surface area contributed by atoms with E-state index in [9.17, 15) is 4.79 Å². The molecule has 90 valence electrons. The molecule has 2 heterocycles. The number of hydrogen-bond donors (Lipinski definition) is 2. The van der Waals surface area contributed by atoms with Gasteiger partial charge >= 0.3 is 5.69 Å². The summed E-state index contributed by atoms with van der Waals surface area (Å²) in [6.45, 7) is 1.89. The van der Waals surface area contributed by atoms with Gasteiger partial charge in [-0.05, 0) is 6.92 Å². The molecule has 0 radical (unpaired) electrons. The summed E-state index contributed by atoms with van der Waals surface area (Å²) in [6.07, 6.45) is 0. The van der Waals surface area contributed by atoms with E-state index in [1.807, 2.05) is 37.3 Å². The van der Waals surface area contributed by atoms with E-state index in [1.165, 1.54) is 4.52 Å². The zero-order chi connectivity index (χ0) is 12.7. The highest BCUT2D eigenvalue weighted by molar-refractivity contribution is 7.80. The van der Waals surface area contributed by atoms with Crippen LogP contribution in [0.2, 0.25) is 0 Å². The van der Waals surface area contributed by atoms with Crippen LogP contribution < -0.4 is 5.69 Å². The fourth-order valence-electron chi connectivity index (χ4n) is 1.91. The first-order valence-corrected chi connectivity index (χ1v) is 5.85. The Kier molecular flexibility index (Phi) is 2.45. The van der Waals surface area contributed by atoms with Crippen LogP contribution in [0.25, 0.3) is 16.9 Å². The van der Waals surface area contributed by atoms with Crippen LogP contribution in [0.4, 0.5) is 0 Å². The lowest BCUT2D eigenvalue weighted by atomic mass is 10.1. The fourth-order valence-corrected chi connectivity index (χ4v) is 2.10. The van der Waals surface area contributed by atoms with Gasteiger partial charge in [0.25, 0.3) is 0 Å². The number of thiol groups is 1. The molecule has 1 aromatic carbocycles. The van der Waals surface area contributed by atoms with Crippen molar-refractivity contribution >= 4 is 18.3 Å². The Morgan fingerprint density at radius 3 is 2.72 bits per heavy atom. The molecule has 0 aliphatic heterocycles. The summed E-state index contributed by atoms with van der Waals surface area (Å²) < 4.78 is 1.26. The predicted molar refractivity (Wildman–Crippen MR) is 71.0 cm³/mol. The van der Waals surface area contributed by atoms with Crippen LogP contribution in [0.3, 0.4) is 0 Å². The SMILES string of the molecule is Cc1c(-c2ccccc2)nn2c(=O)[nH]c(S)nc12. The topological polar surface area (TPSA) is 63.1 Å². The Morgan fingerprint density at radius 1 is 1.28 bits per heavy atom. The van der Waals surface area contributed by atoms with Gasteiger partial charge in [0.05, 0.1) is 5.69 Å². The van der Waals surface area contributed by atoms with Crippen molar-refractivity contribution < 1.29 is 0 Å². The maximum absolute atomic E-state index is 11.8. The monoisotopic (exact) mass is 258 g/mol. The van der Waals surface area contributed by atoms with Crippen LogP contribution in [0.15, 0.2) is 40.3 Å². The molecule has 0 atom stereocenters. The lowest BCUT2D eigenvalue weighted by molar-refractivity contribution is 0.790. The maximum Gasteiger partial charge on any atom is 0.350 e. The molecule has 0 saturated carbocycles. The van der Waals surface area contributed by atoms with Gasteiger partial charge in [0.1, 0.15) is 0 Å². The Labute approximate surface area is 108 Å². The van der Waals surface area contributed by atoms with Crippen molar-refractivity contribution in [3.05, 3.63) is 46.4 Å². The number of aryl methyl sites for hydroxylation is 1. The van der Waals surface area contributed by atoms with Crippen LogP contribution in [-0.4, -0.2) is 19.6 Å². The molecule has 0 fully saturated rings. The number of H-pyrrole nitrogens is 1. The van der Waals surface area contributed by atoms with E-state index in [0.29, 0.717) is 5.65 Å². The van der Waals surface area contributed by atoms with Crippen LogP contribution in [0, 0.1) is 6.92 Å². The summed E-state index contributed by atoms with van der Waals surface area (Å²) in [6, 6.07) is 9.70. The summed E-state index contributed by atoms with van der Waals surface area (Å²) in [5, 5.41) is 4.59. The molecule has 0 bridgehead atoms. The number of hydrogen-bond acceptors (Lipinski definition) is 4. The summed E-state index contributed by atoms with van der Waals surface area (Å²) in [4.78, 5) is 18.4. The molecule has 6 heteroatoms. The second-order valence-electron chi connectivity index (χ2n) is 3.94. The first-order chi connectivity index (χ1) is 8.66. The van der Waals surface area contributed by atoms with Gasteiger partial charge in [-0.15, -0.1) is 12.6 Å². The molecule has 0 spiro atoms. The molecular weight excluding hydrogens is 248 g/mol. The van der Waals surface area contributed by atoms with Gasteiger partial charge in [0.2, 0.25) is 0 Å². The molecule has 0 aliphatic rings. The minimum absolute atomic E-state index is 0.287. The zero-order valence-electron chi connectivity index (χ0n) is 9.58. The number of fused-ring (bicyclic) bond motifs is 1. The lowest BCUT2D eigenvalue weighted by Gasteiger charge is -1.96. The van der Waals surface area contributed by atoms with Gasteiger partial charge in [-0.2, -0.15) is 9.61 Å². The second kappa shape index (κ2) is 3.99. The van der Waals surface area contributed by atoms with E-state index in [-0.39, 0.29) is 10.8 Å². The molecule has 0 aliphatic carbocycles. The third-order valence-corrected chi connectivity index (χ3v) is 2.97. The zero-order valence-corrected chi connectivity index (χ0v) is 10.5. The van der Waals surface area contributed by atoms with E-state index < -0.39 is 0 Å². The molecule has 0 unspecified atom stereocenters. The van der Waals surface area contributed by atoms with Crippen LogP contribution >= 0.6 is 12.6 Å². The third kappa shape index (κ3) is 1.62. The number of nitrogens with zero attached hydrogens (tertiary/aromatic N) is 3. The first-order valence-electron chi connectivity index (χ1n) is 5.41. The molecule has 0 amide bonds. The number of aromatic amines is 1. The second-order valence-corrected chi connectivity index (χ2v) is 4.36. The average Bonchev–Trinajstić information content (AvgIpc) is 2.69. The van der Waals surface area contributed by atoms with E-state index in [2.05, 4.69) is 27.7 Å². The van der Waals surface area contributed by atoms with Crippen molar-refractivity contribution in [2.24, 2.45) is 0 Å². The van der Waals surface area contributed by atoms with Crippen LogP contribution in [0.1, 0.15) is 5.56 Å². The Bertz CT molecular complexity index is 776. The van der Waals surface area contributed by atoms with Crippen LogP contribution in [-0.2, 0) is 0 Å². The Morgan fingerprint density at radius 2 is 2.00 bits per heavy atom. The number of rotatable bonds is 1. The number of benzene rings is 1. The highest BCUT2D eigenvalue weighted by atomic mass is 32.1. The molecule has 3 rings (SSSR count). The van der Waals surface area contributed by atoms with Crippen molar-refractivity contribution in [1.82, 2.24) is 19.6 Å². The van der Waals surface area contributed by atoms with Crippen molar-refractivity contribution in [3.8, 4) is 11.3 Å². The van der Waals surface area contributed by atoms with Gasteiger partial charge in [-0.1, -0.05) is 30.3 Å². The third-order valence-electron chi connectivity index (χ3n) is 2.76. The van der Waals surface area contributed by atoms with Gasteiger partial charge in [-0.25, -0.2) is 9.78 Å². The smallest absolute Gasteiger partial charge is 0.285 e. The highest BCUT2D eigenvalue weighted by Crippen LogP contribution is 2.23. The molecule has 5 nitrogen and oxygen atoms in total. The van der Waals surface area contributed by atoms with Crippen molar-refractivity contribution in [1.29, 1.82) is 0 Å². The minimum Gasteiger partial charge on any atom is -0.285 e. The predicted octanol–water partition coefficient (Wildman–Crippen LogP) is 1.68. The largest absolute Gasteiger partial charge is 0.350 e. The highest BCUT2D eigenvalue weighted by Gasteiger charge is 2.13. The molecule has 2 aromatic heterocycles. The normalized spacial score (nSPS) is 11.0. The fraction of sp³-hybridized carbons (Fsp3) is 0.0833. The first kappa shape index (κ1) is 11.0. The quantitative estimate of drug-likeness (QED) is 0.653. The number of nitrogens with one attached hydrogen (secondary N) is 1. The lowest BCUT2D eigenvalue weighted by Crippen LogP contribution is -2.18. The molecule has 3 aromatic rings. The molecule has 18 heavy (non-hydrogen) atoms. The minimum atomic E-state index is -0.338. The van der Waals surface area contributed by atoms with Gasteiger partial charge < -0.3 is 0 Å². The van der Waals surface area contributed by atoms with E-state index >= 15 is 0 Å². The molecule has 0 saturated heterocycles. The molecular formula is C12H10N4OS.